The van der Waals surface area contributed by atoms with Gasteiger partial charge in [-0.3, -0.25) is 0 Å². The number of aromatic nitrogens is 2. The van der Waals surface area contributed by atoms with Crippen LogP contribution in [-0.4, -0.2) is 72.6 Å². The molecule has 130 valence electrons. The molecule has 0 aromatic carbocycles. The first kappa shape index (κ1) is 18.1. The molecule has 0 bridgehead atoms. The summed E-state index contributed by atoms with van der Waals surface area (Å²) in [7, 11) is 2.22. The fourth-order valence-electron chi connectivity index (χ4n) is 3.17. The first-order chi connectivity index (χ1) is 11.2. The molecule has 1 aromatic heterocycles. The second kappa shape index (κ2) is 9.83. The summed E-state index contributed by atoms with van der Waals surface area (Å²) < 4.78 is 0. The zero-order valence-electron chi connectivity index (χ0n) is 15.1. The summed E-state index contributed by atoms with van der Waals surface area (Å²) in [6.07, 6.45) is 7.45. The molecule has 2 aliphatic rings. The van der Waals surface area contributed by atoms with Crippen LogP contribution >= 0.6 is 0 Å². The Bertz CT molecular complexity index is 409. The Labute approximate surface area is 141 Å². The van der Waals surface area contributed by atoms with Crippen LogP contribution in [-0.2, 0) is 0 Å². The zero-order valence-corrected chi connectivity index (χ0v) is 15.1. The van der Waals surface area contributed by atoms with E-state index in [1.807, 2.05) is 18.5 Å². The lowest BCUT2D eigenvalue weighted by molar-refractivity contribution is 0.129. The lowest BCUT2D eigenvalue weighted by Gasteiger charge is -2.37. The second-order valence-corrected chi connectivity index (χ2v) is 6.79. The van der Waals surface area contributed by atoms with E-state index in [1.165, 1.54) is 52.0 Å². The average molecular weight is 319 g/mol. The van der Waals surface area contributed by atoms with Crippen molar-refractivity contribution in [2.75, 3.05) is 57.8 Å². The third-order valence-corrected chi connectivity index (χ3v) is 4.56. The molecular weight excluding hydrogens is 286 g/mol. The maximum Gasteiger partial charge on any atom is 0.225 e. The highest BCUT2D eigenvalue weighted by molar-refractivity contribution is 5.28. The maximum atomic E-state index is 4.35. The summed E-state index contributed by atoms with van der Waals surface area (Å²) >= 11 is 0. The highest BCUT2D eigenvalue weighted by Gasteiger charge is 2.23. The summed E-state index contributed by atoms with van der Waals surface area (Å²) in [5, 5.41) is 0. The van der Waals surface area contributed by atoms with E-state index in [9.17, 15) is 0 Å². The molecule has 5 heteroatoms. The van der Waals surface area contributed by atoms with Crippen molar-refractivity contribution in [3.8, 4) is 0 Å². The third kappa shape index (κ3) is 6.07. The van der Waals surface area contributed by atoms with Crippen molar-refractivity contribution in [1.82, 2.24) is 19.8 Å². The molecule has 2 saturated heterocycles. The lowest BCUT2D eigenvalue weighted by atomic mass is 9.96. The van der Waals surface area contributed by atoms with Gasteiger partial charge in [-0.15, -0.1) is 0 Å². The van der Waals surface area contributed by atoms with Crippen LogP contribution in [0.15, 0.2) is 18.5 Å². The van der Waals surface area contributed by atoms with Crippen LogP contribution in [0.3, 0.4) is 0 Å². The number of nitrogens with zero attached hydrogens (tertiary/aromatic N) is 5. The van der Waals surface area contributed by atoms with Gasteiger partial charge in [-0.25, -0.2) is 9.97 Å². The minimum atomic E-state index is 0.846. The number of hydrogen-bond donors (Lipinski definition) is 0. The summed E-state index contributed by atoms with van der Waals surface area (Å²) in [6.45, 7) is 12.6. The van der Waals surface area contributed by atoms with Crippen molar-refractivity contribution >= 4 is 5.95 Å². The molecule has 23 heavy (non-hydrogen) atoms. The molecule has 5 nitrogen and oxygen atoms in total. The van der Waals surface area contributed by atoms with Gasteiger partial charge in [0.25, 0.3) is 0 Å². The van der Waals surface area contributed by atoms with Crippen molar-refractivity contribution in [1.29, 1.82) is 0 Å². The van der Waals surface area contributed by atoms with Gasteiger partial charge in [-0.2, -0.15) is 0 Å². The van der Waals surface area contributed by atoms with Crippen LogP contribution < -0.4 is 4.90 Å². The van der Waals surface area contributed by atoms with Crippen molar-refractivity contribution in [3.05, 3.63) is 18.5 Å². The van der Waals surface area contributed by atoms with Gasteiger partial charge < -0.3 is 14.7 Å². The molecule has 0 spiro atoms. The van der Waals surface area contributed by atoms with Crippen LogP contribution in [0.4, 0.5) is 5.95 Å². The van der Waals surface area contributed by atoms with Gasteiger partial charge in [0.15, 0.2) is 0 Å². The Morgan fingerprint density at radius 3 is 2.09 bits per heavy atom. The van der Waals surface area contributed by atoms with E-state index in [4.69, 9.17) is 0 Å². The minimum absolute atomic E-state index is 0.846. The predicted molar refractivity (Wildman–Crippen MR) is 96.9 cm³/mol. The van der Waals surface area contributed by atoms with Crippen LogP contribution in [0.1, 0.15) is 33.1 Å². The Hall–Kier alpha value is -1.20. The van der Waals surface area contributed by atoms with E-state index < -0.39 is 0 Å². The van der Waals surface area contributed by atoms with Gasteiger partial charge in [0.1, 0.15) is 0 Å². The normalized spacial score (nSPS) is 20.9. The maximum absolute atomic E-state index is 4.35. The average Bonchev–Trinajstić information content (AvgIpc) is 2.59. The van der Waals surface area contributed by atoms with Crippen LogP contribution in [0.5, 0.6) is 0 Å². The van der Waals surface area contributed by atoms with Crippen molar-refractivity contribution < 1.29 is 0 Å². The predicted octanol–water partition coefficient (Wildman–Crippen LogP) is 2.36. The fourth-order valence-corrected chi connectivity index (χ4v) is 3.17. The molecule has 0 atom stereocenters. The number of piperazine rings is 1. The van der Waals surface area contributed by atoms with E-state index in [0.717, 1.165) is 25.0 Å². The van der Waals surface area contributed by atoms with Gasteiger partial charge in [0.05, 0.1) is 0 Å². The number of likely N-dealkylation sites (N-methyl/N-ethyl adjacent to an activating group) is 1. The highest BCUT2D eigenvalue weighted by atomic mass is 15.3. The van der Waals surface area contributed by atoms with Gasteiger partial charge in [-0.05, 0) is 31.9 Å². The van der Waals surface area contributed by atoms with Crippen LogP contribution in [0.2, 0.25) is 0 Å². The van der Waals surface area contributed by atoms with Crippen molar-refractivity contribution in [2.45, 2.75) is 33.1 Å². The molecule has 0 saturated carbocycles. The standard InChI is InChI=1S/C15H25N5.C3H8/c1-18-9-11-19(12-10-18)13-14-3-7-20(8-4-14)15-16-5-2-6-17-15;1-3-2/h2,5-6,14H,3-4,7-13H2,1H3;3H2,1-2H3. The van der Waals surface area contributed by atoms with Gasteiger partial charge in [-0.1, -0.05) is 20.3 Å². The first-order valence-electron chi connectivity index (χ1n) is 9.15. The molecule has 2 aliphatic heterocycles. The second-order valence-electron chi connectivity index (χ2n) is 6.79. The van der Waals surface area contributed by atoms with E-state index in [-0.39, 0.29) is 0 Å². The summed E-state index contributed by atoms with van der Waals surface area (Å²) in [4.78, 5) is 16.1. The molecule has 1 aromatic rings. The van der Waals surface area contributed by atoms with Gasteiger partial charge in [0, 0.05) is 58.2 Å². The van der Waals surface area contributed by atoms with Gasteiger partial charge >= 0.3 is 0 Å². The largest absolute Gasteiger partial charge is 0.341 e. The molecular formula is C18H33N5. The van der Waals surface area contributed by atoms with E-state index in [2.05, 4.69) is 45.6 Å². The van der Waals surface area contributed by atoms with Crippen molar-refractivity contribution in [3.63, 3.8) is 0 Å². The Morgan fingerprint density at radius 1 is 0.957 bits per heavy atom. The zero-order chi connectivity index (χ0) is 16.5. The molecule has 0 amide bonds. The topological polar surface area (TPSA) is 35.5 Å². The third-order valence-electron chi connectivity index (χ3n) is 4.56. The monoisotopic (exact) mass is 319 g/mol. The SMILES string of the molecule is CCC.CN1CCN(CC2CCN(c3ncccn3)CC2)CC1. The molecule has 0 unspecified atom stereocenters. The number of hydrogen-bond acceptors (Lipinski definition) is 5. The quantitative estimate of drug-likeness (QED) is 0.854. The number of anilines is 1. The molecule has 0 radical (unpaired) electrons. The smallest absolute Gasteiger partial charge is 0.225 e. The number of rotatable bonds is 3. The summed E-state index contributed by atoms with van der Waals surface area (Å²) in [5.41, 5.74) is 0. The van der Waals surface area contributed by atoms with E-state index >= 15 is 0 Å². The number of piperidine rings is 1. The Morgan fingerprint density at radius 2 is 1.52 bits per heavy atom. The Kier molecular flexibility index (Phi) is 7.76. The Balaban J connectivity index is 0.000000595. The van der Waals surface area contributed by atoms with Crippen LogP contribution in [0.25, 0.3) is 0 Å². The fraction of sp³-hybridized carbons (Fsp3) is 0.778. The first-order valence-corrected chi connectivity index (χ1v) is 9.15. The van der Waals surface area contributed by atoms with Crippen molar-refractivity contribution in [2.24, 2.45) is 5.92 Å². The minimum Gasteiger partial charge on any atom is -0.341 e. The molecule has 3 rings (SSSR count). The molecule has 0 aliphatic carbocycles. The molecule has 2 fully saturated rings. The lowest BCUT2D eigenvalue weighted by Crippen LogP contribution is -2.47. The summed E-state index contributed by atoms with van der Waals surface area (Å²) in [5.74, 6) is 1.74. The van der Waals surface area contributed by atoms with Gasteiger partial charge in [0.2, 0.25) is 5.95 Å². The molecule has 0 N–H and O–H groups in total. The van der Waals surface area contributed by atoms with E-state index in [0.29, 0.717) is 0 Å². The van der Waals surface area contributed by atoms with Crippen LogP contribution in [0, 0.1) is 5.92 Å². The highest BCUT2D eigenvalue weighted by Crippen LogP contribution is 2.21. The molecule has 3 heterocycles. The summed E-state index contributed by atoms with van der Waals surface area (Å²) in [6, 6.07) is 1.88. The van der Waals surface area contributed by atoms with E-state index in [1.54, 1.807) is 0 Å².